The van der Waals surface area contributed by atoms with Crippen molar-refractivity contribution in [3.63, 3.8) is 0 Å². The molecule has 3 aromatic rings. The number of hydrogen-bond acceptors (Lipinski definition) is 3. The number of halogens is 1. The summed E-state index contributed by atoms with van der Waals surface area (Å²) in [6.07, 6.45) is 3.62. The van der Waals surface area contributed by atoms with Crippen molar-refractivity contribution in [3.8, 4) is 5.75 Å². The smallest absolute Gasteiger partial charge is 0.254 e. The fourth-order valence-electron chi connectivity index (χ4n) is 2.88. The highest BCUT2D eigenvalue weighted by Crippen LogP contribution is 2.16. The van der Waals surface area contributed by atoms with E-state index in [9.17, 15) is 9.18 Å². The quantitative estimate of drug-likeness (QED) is 0.639. The Kier molecular flexibility index (Phi) is 5.86. The number of rotatable bonds is 7. The fourth-order valence-corrected chi connectivity index (χ4v) is 2.88. The summed E-state index contributed by atoms with van der Waals surface area (Å²) in [5.74, 6) is 1.09. The average molecular weight is 367 g/mol. The predicted molar refractivity (Wildman–Crippen MR) is 101 cm³/mol. The molecule has 0 saturated heterocycles. The third-order valence-corrected chi connectivity index (χ3v) is 4.38. The minimum Gasteiger partial charge on any atom is -0.497 e. The van der Waals surface area contributed by atoms with Crippen LogP contribution in [0.15, 0.2) is 60.9 Å². The standard InChI is InChI=1S/C21H22FN3O2/c1-3-24(21(26)17-7-9-18(22)10-8-17)15-20-23-11-12-25(20)14-16-5-4-6-19(13-16)27-2/h4-13H,3,14-15H2,1-2H3. The zero-order chi connectivity index (χ0) is 19.2. The third kappa shape index (κ3) is 4.53. The molecule has 5 nitrogen and oxygen atoms in total. The molecule has 0 unspecified atom stereocenters. The summed E-state index contributed by atoms with van der Waals surface area (Å²) in [5, 5.41) is 0. The maximum atomic E-state index is 13.1. The van der Waals surface area contributed by atoms with Gasteiger partial charge in [0, 0.05) is 31.0 Å². The molecule has 0 aliphatic rings. The minimum atomic E-state index is -0.358. The lowest BCUT2D eigenvalue weighted by Gasteiger charge is -2.21. The van der Waals surface area contributed by atoms with Crippen LogP contribution in [-0.2, 0) is 13.1 Å². The highest BCUT2D eigenvalue weighted by molar-refractivity contribution is 5.94. The van der Waals surface area contributed by atoms with Crippen molar-refractivity contribution in [2.45, 2.75) is 20.0 Å². The first-order valence-electron chi connectivity index (χ1n) is 8.78. The van der Waals surface area contributed by atoms with Crippen molar-refractivity contribution in [1.82, 2.24) is 14.5 Å². The second-order valence-corrected chi connectivity index (χ2v) is 6.15. The summed E-state index contributed by atoms with van der Waals surface area (Å²) in [4.78, 5) is 18.8. The van der Waals surface area contributed by atoms with Gasteiger partial charge in [0.15, 0.2) is 0 Å². The summed E-state index contributed by atoms with van der Waals surface area (Å²) in [5.41, 5.74) is 1.55. The molecule has 0 saturated carbocycles. The normalized spacial score (nSPS) is 10.6. The number of benzene rings is 2. The van der Waals surface area contributed by atoms with Crippen molar-refractivity contribution in [3.05, 3.63) is 83.7 Å². The number of aromatic nitrogens is 2. The van der Waals surface area contributed by atoms with E-state index in [0.717, 1.165) is 17.1 Å². The first-order chi connectivity index (χ1) is 13.1. The van der Waals surface area contributed by atoms with Crippen LogP contribution in [0.25, 0.3) is 0 Å². The molecule has 0 aliphatic heterocycles. The van der Waals surface area contributed by atoms with E-state index in [-0.39, 0.29) is 11.7 Å². The predicted octanol–water partition coefficient (Wildman–Crippen LogP) is 3.74. The molecule has 6 heteroatoms. The molecule has 1 aromatic heterocycles. The molecular weight excluding hydrogens is 345 g/mol. The summed E-state index contributed by atoms with van der Waals surface area (Å²) >= 11 is 0. The summed E-state index contributed by atoms with van der Waals surface area (Å²) in [7, 11) is 1.64. The van der Waals surface area contributed by atoms with Gasteiger partial charge >= 0.3 is 0 Å². The Balaban J connectivity index is 1.75. The lowest BCUT2D eigenvalue weighted by Crippen LogP contribution is -2.31. The van der Waals surface area contributed by atoms with E-state index in [1.807, 2.05) is 42.0 Å². The molecule has 2 aromatic carbocycles. The second-order valence-electron chi connectivity index (χ2n) is 6.15. The Morgan fingerprint density at radius 3 is 2.70 bits per heavy atom. The maximum Gasteiger partial charge on any atom is 0.254 e. The molecule has 1 amide bonds. The van der Waals surface area contributed by atoms with Gasteiger partial charge < -0.3 is 14.2 Å². The summed E-state index contributed by atoms with van der Waals surface area (Å²) < 4.78 is 20.4. The molecule has 0 spiro atoms. The molecule has 0 radical (unpaired) electrons. The van der Waals surface area contributed by atoms with Crippen molar-refractivity contribution in [2.75, 3.05) is 13.7 Å². The molecule has 1 heterocycles. The summed E-state index contributed by atoms with van der Waals surface area (Å²) in [6, 6.07) is 13.4. The van der Waals surface area contributed by atoms with Gasteiger partial charge in [-0.25, -0.2) is 9.37 Å². The SMILES string of the molecule is CCN(Cc1nccn1Cc1cccc(OC)c1)C(=O)c1ccc(F)cc1. The molecule has 0 aliphatic carbocycles. The lowest BCUT2D eigenvalue weighted by atomic mass is 10.2. The number of amides is 1. The van der Waals surface area contributed by atoms with Gasteiger partial charge in [0.1, 0.15) is 17.4 Å². The van der Waals surface area contributed by atoms with E-state index in [1.165, 1.54) is 24.3 Å². The van der Waals surface area contributed by atoms with Crippen LogP contribution in [0.3, 0.4) is 0 Å². The van der Waals surface area contributed by atoms with Gasteiger partial charge in [0.05, 0.1) is 13.7 Å². The third-order valence-electron chi connectivity index (χ3n) is 4.38. The molecule has 140 valence electrons. The number of carbonyl (C=O) groups excluding carboxylic acids is 1. The Hall–Kier alpha value is -3.15. The first kappa shape index (κ1) is 18.6. The van der Waals surface area contributed by atoms with Crippen LogP contribution in [0, 0.1) is 5.82 Å². The van der Waals surface area contributed by atoms with Gasteiger partial charge in [0.25, 0.3) is 5.91 Å². The number of hydrogen-bond donors (Lipinski definition) is 0. The van der Waals surface area contributed by atoms with Crippen LogP contribution in [-0.4, -0.2) is 34.0 Å². The van der Waals surface area contributed by atoms with Crippen molar-refractivity contribution in [1.29, 1.82) is 0 Å². The fraction of sp³-hybridized carbons (Fsp3) is 0.238. The zero-order valence-electron chi connectivity index (χ0n) is 15.4. The second kappa shape index (κ2) is 8.49. The average Bonchev–Trinajstić information content (AvgIpc) is 3.13. The topological polar surface area (TPSA) is 47.4 Å². The van der Waals surface area contributed by atoms with Gasteiger partial charge in [-0.15, -0.1) is 0 Å². The Morgan fingerprint density at radius 1 is 1.22 bits per heavy atom. The van der Waals surface area contributed by atoms with E-state index in [2.05, 4.69) is 4.98 Å². The van der Waals surface area contributed by atoms with E-state index >= 15 is 0 Å². The van der Waals surface area contributed by atoms with Crippen LogP contribution in [0.5, 0.6) is 5.75 Å². The van der Waals surface area contributed by atoms with Crippen LogP contribution in [0.2, 0.25) is 0 Å². The Labute approximate surface area is 158 Å². The van der Waals surface area contributed by atoms with Crippen LogP contribution in [0.4, 0.5) is 4.39 Å². The van der Waals surface area contributed by atoms with E-state index in [0.29, 0.717) is 25.2 Å². The number of carbonyl (C=O) groups is 1. The van der Waals surface area contributed by atoms with Crippen molar-refractivity contribution < 1.29 is 13.9 Å². The maximum absolute atomic E-state index is 13.1. The van der Waals surface area contributed by atoms with E-state index in [4.69, 9.17) is 4.74 Å². The monoisotopic (exact) mass is 367 g/mol. The molecule has 0 N–H and O–H groups in total. The zero-order valence-corrected chi connectivity index (χ0v) is 15.4. The first-order valence-corrected chi connectivity index (χ1v) is 8.78. The molecular formula is C21H22FN3O2. The minimum absolute atomic E-state index is 0.145. The molecule has 27 heavy (non-hydrogen) atoms. The molecule has 0 fully saturated rings. The number of methoxy groups -OCH3 is 1. The van der Waals surface area contributed by atoms with Crippen molar-refractivity contribution in [2.24, 2.45) is 0 Å². The Bertz CT molecular complexity index is 906. The van der Waals surface area contributed by atoms with Crippen molar-refractivity contribution >= 4 is 5.91 Å². The molecule has 3 rings (SSSR count). The van der Waals surface area contributed by atoms with Crippen LogP contribution in [0.1, 0.15) is 28.7 Å². The highest BCUT2D eigenvalue weighted by atomic mass is 19.1. The number of imidazole rings is 1. The summed E-state index contributed by atoms with van der Waals surface area (Å²) in [6.45, 7) is 3.46. The van der Waals surface area contributed by atoms with Gasteiger partial charge in [-0.2, -0.15) is 0 Å². The van der Waals surface area contributed by atoms with E-state index < -0.39 is 0 Å². The van der Waals surface area contributed by atoms with Gasteiger partial charge in [-0.1, -0.05) is 12.1 Å². The van der Waals surface area contributed by atoms with Crippen LogP contribution < -0.4 is 4.74 Å². The van der Waals surface area contributed by atoms with Gasteiger partial charge in [0.2, 0.25) is 0 Å². The van der Waals surface area contributed by atoms with E-state index in [1.54, 1.807) is 18.2 Å². The largest absolute Gasteiger partial charge is 0.497 e. The highest BCUT2D eigenvalue weighted by Gasteiger charge is 2.17. The number of nitrogens with zero attached hydrogens (tertiary/aromatic N) is 3. The molecule has 0 atom stereocenters. The molecule has 0 bridgehead atoms. The van der Waals surface area contributed by atoms with Crippen LogP contribution >= 0.6 is 0 Å². The van der Waals surface area contributed by atoms with Gasteiger partial charge in [-0.05, 0) is 48.9 Å². The van der Waals surface area contributed by atoms with Gasteiger partial charge in [-0.3, -0.25) is 4.79 Å². The number of ether oxygens (including phenoxy) is 1. The lowest BCUT2D eigenvalue weighted by molar-refractivity contribution is 0.0747. The Morgan fingerprint density at radius 2 is 2.00 bits per heavy atom.